The summed E-state index contributed by atoms with van der Waals surface area (Å²) in [4.78, 5) is 24.3. The topological polar surface area (TPSA) is 37.4 Å². The molecule has 0 radical (unpaired) electrons. The van der Waals surface area contributed by atoms with Crippen molar-refractivity contribution in [1.82, 2.24) is 0 Å². The second kappa shape index (κ2) is 2.69. The molecule has 3 heteroatoms. The molecule has 1 heterocycles. The number of amides is 1. The van der Waals surface area contributed by atoms with Crippen LogP contribution >= 0.6 is 0 Å². The van der Waals surface area contributed by atoms with E-state index in [9.17, 15) is 9.59 Å². The van der Waals surface area contributed by atoms with E-state index in [1.54, 1.807) is 4.90 Å². The van der Waals surface area contributed by atoms with E-state index < -0.39 is 0 Å². The molecule has 1 spiro atoms. The molecule has 3 nitrogen and oxygen atoms in total. The smallest absolute Gasteiger partial charge is 0.238 e. The second-order valence-corrected chi connectivity index (χ2v) is 4.18. The zero-order chi connectivity index (χ0) is 10.5. The summed E-state index contributed by atoms with van der Waals surface area (Å²) in [6.45, 7) is 0.178. The first-order valence-corrected chi connectivity index (χ1v) is 5.15. The predicted molar refractivity (Wildman–Crippen MR) is 55.8 cm³/mol. The van der Waals surface area contributed by atoms with E-state index in [0.717, 1.165) is 30.4 Å². The molecule has 2 aliphatic rings. The number of anilines is 1. The fourth-order valence-corrected chi connectivity index (χ4v) is 2.46. The van der Waals surface area contributed by atoms with Gasteiger partial charge in [0.2, 0.25) is 5.91 Å². The van der Waals surface area contributed by atoms with E-state index in [-0.39, 0.29) is 17.9 Å². The molecule has 15 heavy (non-hydrogen) atoms. The summed E-state index contributed by atoms with van der Waals surface area (Å²) >= 11 is 0. The fraction of sp³-hybridized carbons (Fsp3) is 0.333. The molecule has 1 saturated carbocycles. The fourth-order valence-electron chi connectivity index (χ4n) is 2.46. The van der Waals surface area contributed by atoms with Crippen LogP contribution in [0.25, 0.3) is 0 Å². The second-order valence-electron chi connectivity index (χ2n) is 4.18. The third kappa shape index (κ3) is 0.950. The Morgan fingerprint density at radius 2 is 2.07 bits per heavy atom. The van der Waals surface area contributed by atoms with Crippen molar-refractivity contribution in [3.05, 3.63) is 29.8 Å². The average Bonchev–Trinajstić information content (AvgIpc) is 3.02. The van der Waals surface area contributed by atoms with Gasteiger partial charge in [-0.05, 0) is 24.5 Å². The van der Waals surface area contributed by atoms with Gasteiger partial charge >= 0.3 is 0 Å². The van der Waals surface area contributed by atoms with Gasteiger partial charge in [0.25, 0.3) is 0 Å². The highest BCUT2D eigenvalue weighted by molar-refractivity contribution is 6.11. The molecule has 76 valence electrons. The van der Waals surface area contributed by atoms with Crippen LogP contribution in [0, 0.1) is 0 Å². The van der Waals surface area contributed by atoms with Gasteiger partial charge in [0.1, 0.15) is 6.29 Å². The normalized spacial score (nSPS) is 20.5. The number of rotatable bonds is 2. The number of hydrogen-bond acceptors (Lipinski definition) is 2. The van der Waals surface area contributed by atoms with Crippen molar-refractivity contribution in [2.24, 2.45) is 0 Å². The van der Waals surface area contributed by atoms with Crippen molar-refractivity contribution < 1.29 is 9.59 Å². The lowest BCUT2D eigenvalue weighted by atomic mass is 9.98. The highest BCUT2D eigenvalue weighted by Gasteiger charge is 2.58. The SMILES string of the molecule is O=CCN1C(=O)C2(CC2)c2ccccc21. The zero-order valence-corrected chi connectivity index (χ0v) is 8.27. The lowest BCUT2D eigenvalue weighted by Gasteiger charge is -2.13. The monoisotopic (exact) mass is 201 g/mol. The Balaban J connectivity index is 2.15. The van der Waals surface area contributed by atoms with Crippen molar-refractivity contribution in [2.45, 2.75) is 18.3 Å². The standard InChI is InChI=1S/C12H11NO2/c14-8-7-13-10-4-2-1-3-9(10)12(5-6-12)11(13)15/h1-4,8H,5-7H2. The quantitative estimate of drug-likeness (QED) is 0.675. The molecule has 1 amide bonds. The molecule has 1 fully saturated rings. The first kappa shape index (κ1) is 8.65. The van der Waals surface area contributed by atoms with Crippen molar-refractivity contribution in [3.8, 4) is 0 Å². The highest BCUT2D eigenvalue weighted by atomic mass is 16.2. The number of carbonyl (C=O) groups excluding carboxylic acids is 2. The molecular weight excluding hydrogens is 190 g/mol. The maximum Gasteiger partial charge on any atom is 0.238 e. The van der Waals surface area contributed by atoms with Crippen molar-refractivity contribution in [1.29, 1.82) is 0 Å². The summed E-state index contributed by atoms with van der Waals surface area (Å²) in [5.74, 6) is 0.107. The first-order valence-electron chi connectivity index (χ1n) is 5.15. The van der Waals surface area contributed by atoms with E-state index in [1.165, 1.54) is 0 Å². The number of aldehydes is 1. The molecule has 0 aromatic heterocycles. The molecule has 1 aliphatic carbocycles. The first-order chi connectivity index (χ1) is 7.29. The van der Waals surface area contributed by atoms with Gasteiger partial charge in [0.05, 0.1) is 12.0 Å². The van der Waals surface area contributed by atoms with Gasteiger partial charge in [-0.25, -0.2) is 0 Å². The lowest BCUT2D eigenvalue weighted by molar-refractivity contribution is -0.121. The van der Waals surface area contributed by atoms with Gasteiger partial charge in [-0.1, -0.05) is 18.2 Å². The van der Waals surface area contributed by atoms with Crippen LogP contribution in [0.2, 0.25) is 0 Å². The molecule has 0 saturated heterocycles. The minimum Gasteiger partial charge on any atom is -0.304 e. The molecule has 0 bridgehead atoms. The molecular formula is C12H11NO2. The third-order valence-corrected chi connectivity index (χ3v) is 3.37. The Kier molecular flexibility index (Phi) is 1.55. The van der Waals surface area contributed by atoms with Gasteiger partial charge in [0, 0.05) is 5.69 Å². The largest absolute Gasteiger partial charge is 0.304 e. The Morgan fingerprint density at radius 1 is 1.33 bits per heavy atom. The maximum absolute atomic E-state index is 12.1. The third-order valence-electron chi connectivity index (χ3n) is 3.37. The van der Waals surface area contributed by atoms with Crippen LogP contribution in [-0.2, 0) is 15.0 Å². The van der Waals surface area contributed by atoms with Gasteiger partial charge in [-0.3, -0.25) is 4.79 Å². The predicted octanol–water partition coefficient (Wildman–Crippen LogP) is 1.26. The molecule has 1 aliphatic heterocycles. The van der Waals surface area contributed by atoms with E-state index >= 15 is 0 Å². The van der Waals surface area contributed by atoms with Crippen LogP contribution < -0.4 is 4.90 Å². The zero-order valence-electron chi connectivity index (χ0n) is 8.27. The van der Waals surface area contributed by atoms with Gasteiger partial charge in [-0.15, -0.1) is 0 Å². The van der Waals surface area contributed by atoms with Gasteiger partial charge < -0.3 is 9.69 Å². The molecule has 3 rings (SSSR count). The molecule has 0 atom stereocenters. The van der Waals surface area contributed by atoms with Crippen LogP contribution in [-0.4, -0.2) is 18.7 Å². The van der Waals surface area contributed by atoms with Crippen LogP contribution in [0.1, 0.15) is 18.4 Å². The molecule has 1 aromatic carbocycles. The lowest BCUT2D eigenvalue weighted by Crippen LogP contribution is -2.33. The Labute approximate surface area is 87.7 Å². The van der Waals surface area contributed by atoms with Crippen LogP contribution in [0.3, 0.4) is 0 Å². The summed E-state index contributed by atoms with van der Waals surface area (Å²) in [6, 6.07) is 7.79. The highest BCUT2D eigenvalue weighted by Crippen LogP contribution is 2.56. The number of nitrogens with zero attached hydrogens (tertiary/aromatic N) is 1. The molecule has 0 N–H and O–H groups in total. The van der Waals surface area contributed by atoms with E-state index in [1.807, 2.05) is 24.3 Å². The number of carbonyl (C=O) groups is 2. The summed E-state index contributed by atoms with van der Waals surface area (Å²) < 4.78 is 0. The summed E-state index contributed by atoms with van der Waals surface area (Å²) in [5.41, 5.74) is 1.77. The minimum absolute atomic E-state index is 0.107. The van der Waals surface area contributed by atoms with E-state index in [0.29, 0.717) is 0 Å². The van der Waals surface area contributed by atoms with Gasteiger partial charge in [-0.2, -0.15) is 0 Å². The van der Waals surface area contributed by atoms with Crippen LogP contribution in [0.4, 0.5) is 5.69 Å². The minimum atomic E-state index is -0.264. The summed E-state index contributed by atoms with van der Waals surface area (Å²) in [5, 5.41) is 0. The molecule has 0 unspecified atom stereocenters. The van der Waals surface area contributed by atoms with Crippen LogP contribution in [0.5, 0.6) is 0 Å². The Hall–Kier alpha value is -1.64. The average molecular weight is 201 g/mol. The molecule has 1 aromatic rings. The van der Waals surface area contributed by atoms with Gasteiger partial charge in [0.15, 0.2) is 0 Å². The number of fused-ring (bicyclic) bond motifs is 2. The van der Waals surface area contributed by atoms with Crippen LogP contribution in [0.15, 0.2) is 24.3 Å². The Bertz CT molecular complexity index is 449. The summed E-state index contributed by atoms with van der Waals surface area (Å²) in [6.07, 6.45) is 2.65. The number of hydrogen-bond donors (Lipinski definition) is 0. The number of para-hydroxylation sites is 1. The Morgan fingerprint density at radius 3 is 2.73 bits per heavy atom. The number of benzene rings is 1. The van der Waals surface area contributed by atoms with Crippen molar-refractivity contribution >= 4 is 17.9 Å². The van der Waals surface area contributed by atoms with Crippen molar-refractivity contribution in [2.75, 3.05) is 11.4 Å². The van der Waals surface area contributed by atoms with E-state index in [2.05, 4.69) is 0 Å². The van der Waals surface area contributed by atoms with Crippen molar-refractivity contribution in [3.63, 3.8) is 0 Å². The summed E-state index contributed by atoms with van der Waals surface area (Å²) in [7, 11) is 0. The maximum atomic E-state index is 12.1. The van der Waals surface area contributed by atoms with E-state index in [4.69, 9.17) is 0 Å².